The van der Waals surface area contributed by atoms with Gasteiger partial charge in [-0.2, -0.15) is 0 Å². The van der Waals surface area contributed by atoms with Crippen LogP contribution in [0, 0.1) is 6.92 Å². The number of benzene rings is 2. The molecule has 0 N–H and O–H groups in total. The van der Waals surface area contributed by atoms with Crippen LogP contribution in [0.3, 0.4) is 0 Å². The maximum Gasteiger partial charge on any atom is 0.410 e. The summed E-state index contributed by atoms with van der Waals surface area (Å²) >= 11 is 0. The smallest absolute Gasteiger partial charge is 0.410 e. The van der Waals surface area contributed by atoms with E-state index in [1.54, 1.807) is 4.90 Å². The maximum absolute atomic E-state index is 12.9. The summed E-state index contributed by atoms with van der Waals surface area (Å²) in [4.78, 5) is 32.7. The van der Waals surface area contributed by atoms with Crippen LogP contribution in [0.1, 0.15) is 16.1 Å². The number of cyclic esters (lactones) is 1. The van der Waals surface area contributed by atoms with Crippen molar-refractivity contribution in [1.29, 1.82) is 0 Å². The van der Waals surface area contributed by atoms with E-state index in [2.05, 4.69) is 17.1 Å². The van der Waals surface area contributed by atoms with Crippen LogP contribution in [-0.4, -0.2) is 59.1 Å². The van der Waals surface area contributed by atoms with Crippen molar-refractivity contribution >= 4 is 22.9 Å². The Bertz CT molecular complexity index is 1110. The molecule has 0 radical (unpaired) electrons. The van der Waals surface area contributed by atoms with Gasteiger partial charge < -0.3 is 9.64 Å². The molecular weight excluding hydrogens is 366 g/mol. The molecule has 6 heteroatoms. The zero-order chi connectivity index (χ0) is 20.0. The largest absolute Gasteiger partial charge is 0.447 e. The molecule has 2 amide bonds. The van der Waals surface area contributed by atoms with Gasteiger partial charge in [-0.15, -0.1) is 0 Å². The predicted molar refractivity (Wildman–Crippen MR) is 110 cm³/mol. The number of hydrogen-bond donors (Lipinski definition) is 0. The van der Waals surface area contributed by atoms with Crippen molar-refractivity contribution in [3.8, 4) is 11.1 Å². The summed E-state index contributed by atoms with van der Waals surface area (Å²) in [5.41, 5.74) is 4.77. The quantitative estimate of drug-likeness (QED) is 0.675. The van der Waals surface area contributed by atoms with Crippen LogP contribution in [-0.2, 0) is 4.74 Å². The van der Waals surface area contributed by atoms with Gasteiger partial charge in [-0.05, 0) is 42.3 Å². The highest BCUT2D eigenvalue weighted by Crippen LogP contribution is 2.28. The molecule has 1 aromatic heterocycles. The molecule has 5 rings (SSSR count). The van der Waals surface area contributed by atoms with Crippen molar-refractivity contribution in [3.63, 3.8) is 0 Å². The lowest BCUT2D eigenvalue weighted by molar-refractivity contribution is 0.0617. The van der Waals surface area contributed by atoms with Crippen molar-refractivity contribution in [3.05, 3.63) is 65.9 Å². The summed E-state index contributed by atoms with van der Waals surface area (Å²) in [6.07, 6.45) is -0.272. The molecule has 2 aliphatic heterocycles. The molecule has 0 saturated carbocycles. The molecule has 0 spiro atoms. The van der Waals surface area contributed by atoms with E-state index in [1.807, 2.05) is 54.3 Å². The monoisotopic (exact) mass is 387 g/mol. The summed E-state index contributed by atoms with van der Waals surface area (Å²) in [6.45, 7) is 3.91. The molecule has 3 heterocycles. The lowest BCUT2D eigenvalue weighted by atomic mass is 9.99. The lowest BCUT2D eigenvalue weighted by Gasteiger charge is -2.35. The molecule has 1 atom stereocenters. The minimum absolute atomic E-state index is 0.00856. The standard InChI is InChI=1S/C23H21N3O3/c1-15-5-10-20-19(3-2-4-21(20)24-15)16-6-8-17(9-7-16)22(27)25-11-12-26-18(13-25)14-29-23(26)28/h2-10,18H,11-14H2,1H3. The van der Waals surface area contributed by atoms with Gasteiger partial charge in [0.05, 0.1) is 11.6 Å². The fourth-order valence-electron chi connectivity index (χ4n) is 4.16. The van der Waals surface area contributed by atoms with Gasteiger partial charge in [0.25, 0.3) is 5.91 Å². The summed E-state index contributed by atoms with van der Waals surface area (Å²) in [5.74, 6) is -0.00856. The van der Waals surface area contributed by atoms with E-state index < -0.39 is 0 Å². The first-order valence-corrected chi connectivity index (χ1v) is 9.79. The van der Waals surface area contributed by atoms with Crippen molar-refractivity contribution in [2.45, 2.75) is 13.0 Å². The van der Waals surface area contributed by atoms with Gasteiger partial charge in [0.1, 0.15) is 6.61 Å². The van der Waals surface area contributed by atoms with E-state index in [1.165, 1.54) is 0 Å². The number of aromatic nitrogens is 1. The van der Waals surface area contributed by atoms with Crippen LogP contribution in [0.15, 0.2) is 54.6 Å². The second-order valence-electron chi connectivity index (χ2n) is 7.58. The normalized spacial score (nSPS) is 18.7. The number of carbonyl (C=O) groups is 2. The van der Waals surface area contributed by atoms with E-state index >= 15 is 0 Å². The molecule has 146 valence electrons. The first-order valence-electron chi connectivity index (χ1n) is 9.79. The van der Waals surface area contributed by atoms with Gasteiger partial charge in [0.15, 0.2) is 0 Å². The molecule has 6 nitrogen and oxygen atoms in total. The highest BCUT2D eigenvalue weighted by molar-refractivity contribution is 5.97. The molecule has 2 aliphatic rings. The molecule has 1 unspecified atom stereocenters. The predicted octanol–water partition coefficient (Wildman–Crippen LogP) is 3.49. The van der Waals surface area contributed by atoms with Gasteiger partial charge in [0, 0.05) is 36.3 Å². The summed E-state index contributed by atoms with van der Waals surface area (Å²) in [6, 6.07) is 17.9. The number of ether oxygens (including phenoxy) is 1. The fourth-order valence-corrected chi connectivity index (χ4v) is 4.16. The average molecular weight is 387 g/mol. The summed E-state index contributed by atoms with van der Waals surface area (Å²) < 4.78 is 5.08. The minimum atomic E-state index is -0.272. The van der Waals surface area contributed by atoms with Gasteiger partial charge in [-0.1, -0.05) is 30.3 Å². The van der Waals surface area contributed by atoms with Crippen LogP contribution in [0.25, 0.3) is 22.0 Å². The Morgan fingerprint density at radius 1 is 1.07 bits per heavy atom. The Labute approximate surface area is 168 Å². The van der Waals surface area contributed by atoms with Crippen LogP contribution < -0.4 is 0 Å². The Hall–Kier alpha value is -3.41. The Balaban J connectivity index is 1.38. The number of hydrogen-bond acceptors (Lipinski definition) is 4. The van der Waals surface area contributed by atoms with E-state index in [4.69, 9.17) is 4.74 Å². The van der Waals surface area contributed by atoms with Crippen LogP contribution in [0.5, 0.6) is 0 Å². The average Bonchev–Trinajstić information content (AvgIpc) is 3.13. The number of aryl methyl sites for hydroxylation is 1. The van der Waals surface area contributed by atoms with E-state index in [-0.39, 0.29) is 18.0 Å². The second kappa shape index (κ2) is 6.88. The van der Waals surface area contributed by atoms with Crippen LogP contribution in [0.4, 0.5) is 4.79 Å². The number of pyridine rings is 1. The fraction of sp³-hybridized carbons (Fsp3) is 0.261. The molecule has 2 fully saturated rings. The third-order valence-corrected chi connectivity index (χ3v) is 5.72. The van der Waals surface area contributed by atoms with Gasteiger partial charge >= 0.3 is 6.09 Å². The number of rotatable bonds is 2. The number of carbonyl (C=O) groups excluding carboxylic acids is 2. The minimum Gasteiger partial charge on any atom is -0.447 e. The maximum atomic E-state index is 12.9. The molecular formula is C23H21N3O3. The van der Waals surface area contributed by atoms with Crippen LogP contribution in [0.2, 0.25) is 0 Å². The number of piperazine rings is 1. The molecule has 0 bridgehead atoms. The highest BCUT2D eigenvalue weighted by atomic mass is 16.6. The molecule has 2 saturated heterocycles. The second-order valence-corrected chi connectivity index (χ2v) is 7.58. The van der Waals surface area contributed by atoms with Gasteiger partial charge in [-0.3, -0.25) is 14.7 Å². The third-order valence-electron chi connectivity index (χ3n) is 5.72. The zero-order valence-electron chi connectivity index (χ0n) is 16.2. The molecule has 0 aliphatic carbocycles. The van der Waals surface area contributed by atoms with Crippen molar-refractivity contribution < 1.29 is 14.3 Å². The SMILES string of the molecule is Cc1ccc2c(-c3ccc(C(=O)N4CCN5C(=O)OCC5C4)cc3)cccc2n1. The molecule has 29 heavy (non-hydrogen) atoms. The number of fused-ring (bicyclic) bond motifs is 2. The van der Waals surface area contributed by atoms with Gasteiger partial charge in [0.2, 0.25) is 0 Å². The molecule has 2 aromatic carbocycles. The summed E-state index contributed by atoms with van der Waals surface area (Å²) in [5, 5.41) is 1.10. The van der Waals surface area contributed by atoms with Gasteiger partial charge in [-0.25, -0.2) is 4.79 Å². The third kappa shape index (κ3) is 3.10. The van der Waals surface area contributed by atoms with Crippen molar-refractivity contribution in [2.75, 3.05) is 26.2 Å². The Morgan fingerprint density at radius 3 is 2.72 bits per heavy atom. The number of nitrogens with zero attached hydrogens (tertiary/aromatic N) is 3. The summed E-state index contributed by atoms with van der Waals surface area (Å²) in [7, 11) is 0. The number of amides is 2. The topological polar surface area (TPSA) is 62.7 Å². The first kappa shape index (κ1) is 17.7. The molecule has 3 aromatic rings. The van der Waals surface area contributed by atoms with Crippen LogP contribution >= 0.6 is 0 Å². The van der Waals surface area contributed by atoms with Crippen molar-refractivity contribution in [1.82, 2.24) is 14.8 Å². The Kier molecular flexibility index (Phi) is 4.19. The zero-order valence-corrected chi connectivity index (χ0v) is 16.2. The van der Waals surface area contributed by atoms with E-state index in [0.29, 0.717) is 31.8 Å². The lowest BCUT2D eigenvalue weighted by Crippen LogP contribution is -2.53. The van der Waals surface area contributed by atoms with Crippen molar-refractivity contribution in [2.24, 2.45) is 0 Å². The highest BCUT2D eigenvalue weighted by Gasteiger charge is 2.38. The first-order chi connectivity index (χ1) is 14.1. The Morgan fingerprint density at radius 2 is 1.90 bits per heavy atom. The van der Waals surface area contributed by atoms with E-state index in [0.717, 1.165) is 27.7 Å². The van der Waals surface area contributed by atoms with E-state index in [9.17, 15) is 9.59 Å².